The van der Waals surface area contributed by atoms with Crippen LogP contribution in [-0.2, 0) is 16.6 Å². The summed E-state index contributed by atoms with van der Waals surface area (Å²) >= 11 is 0. The molecular weight excluding hydrogens is 224 g/mol. The van der Waals surface area contributed by atoms with E-state index in [0.717, 1.165) is 12.0 Å². The highest BCUT2D eigenvalue weighted by Crippen LogP contribution is 2.26. The number of nitrogens with zero attached hydrogens (tertiary/aromatic N) is 1. The second-order valence-corrected chi connectivity index (χ2v) is 5.36. The van der Waals surface area contributed by atoms with Crippen LogP contribution in [0.5, 0.6) is 0 Å². The maximum atomic E-state index is 11.6. The summed E-state index contributed by atoms with van der Waals surface area (Å²) in [6, 6.07) is 7.21. The zero-order valence-corrected chi connectivity index (χ0v) is 10.3. The van der Waals surface area contributed by atoms with Crippen molar-refractivity contribution in [3.8, 4) is 0 Å². The van der Waals surface area contributed by atoms with Crippen LogP contribution < -0.4 is 5.73 Å². The van der Waals surface area contributed by atoms with Crippen LogP contribution in [0.1, 0.15) is 25.3 Å². The van der Waals surface area contributed by atoms with Crippen LogP contribution in [-0.4, -0.2) is 14.2 Å². The van der Waals surface area contributed by atoms with E-state index in [0.29, 0.717) is 18.7 Å². The van der Waals surface area contributed by atoms with E-state index in [1.54, 1.807) is 12.1 Å². The van der Waals surface area contributed by atoms with Gasteiger partial charge in [-0.05, 0) is 12.0 Å². The third-order valence-corrected chi connectivity index (χ3v) is 3.53. The number of hydrogen-bond donors (Lipinski definition) is 1. The lowest BCUT2D eigenvalue weighted by Crippen LogP contribution is -2.47. The summed E-state index contributed by atoms with van der Waals surface area (Å²) in [6.45, 7) is 2.50. The fourth-order valence-electron chi connectivity index (χ4n) is 1.33. The third-order valence-electron chi connectivity index (χ3n) is 2.25. The van der Waals surface area contributed by atoms with E-state index in [-0.39, 0.29) is 5.75 Å². The molecule has 3 N–H and O–H groups in total. The molecule has 4 nitrogen and oxygen atoms in total. The summed E-state index contributed by atoms with van der Waals surface area (Å²) in [4.78, 5) is 0. The summed E-state index contributed by atoms with van der Waals surface area (Å²) < 4.78 is 27.1. The summed E-state index contributed by atoms with van der Waals surface area (Å²) in [6.07, 6.45) is 1.50. The molecule has 0 aromatic heterocycles. The van der Waals surface area contributed by atoms with E-state index in [9.17, 15) is 8.42 Å². The maximum Gasteiger partial charge on any atom is 0.0985 e. The van der Waals surface area contributed by atoms with Gasteiger partial charge >= 0.3 is 0 Å². The smallest absolute Gasteiger partial charge is 0.0985 e. The zero-order chi connectivity index (χ0) is 12.0. The van der Waals surface area contributed by atoms with Crippen molar-refractivity contribution in [2.24, 2.45) is 0 Å². The van der Waals surface area contributed by atoms with Gasteiger partial charge in [0.25, 0.3) is 0 Å². The quantitative estimate of drug-likeness (QED) is 0.822. The molecule has 0 aliphatic rings. The van der Waals surface area contributed by atoms with Gasteiger partial charge in [0.15, 0.2) is 0 Å². The number of sulfonamides is 1. The van der Waals surface area contributed by atoms with E-state index in [4.69, 9.17) is 0 Å². The zero-order valence-electron chi connectivity index (χ0n) is 9.52. The second-order valence-electron chi connectivity index (χ2n) is 3.61. The van der Waals surface area contributed by atoms with Crippen LogP contribution in [0, 0.1) is 0 Å². The Labute approximate surface area is 96.9 Å². The van der Waals surface area contributed by atoms with Gasteiger partial charge in [0.05, 0.1) is 16.6 Å². The molecule has 90 valence electrons. The van der Waals surface area contributed by atoms with Gasteiger partial charge in [-0.25, -0.2) is 8.42 Å². The van der Waals surface area contributed by atoms with Gasteiger partial charge in [-0.2, -0.15) is 0 Å². The van der Waals surface area contributed by atoms with E-state index < -0.39 is 10.0 Å². The van der Waals surface area contributed by atoms with E-state index in [1.807, 2.05) is 19.1 Å². The van der Waals surface area contributed by atoms with Crippen LogP contribution in [0.4, 0.5) is 5.69 Å². The average Bonchev–Trinajstić information content (AvgIpc) is 2.27. The van der Waals surface area contributed by atoms with Crippen LogP contribution in [0.3, 0.4) is 0 Å². The molecule has 0 heterocycles. The molecule has 1 aromatic rings. The Morgan fingerprint density at radius 1 is 1.31 bits per heavy atom. The average molecular weight is 242 g/mol. The van der Waals surface area contributed by atoms with Gasteiger partial charge in [0.1, 0.15) is 0 Å². The molecule has 5 heteroatoms. The number of quaternary nitrogens is 1. The number of unbranched alkanes of at least 4 members (excludes halogenated alkanes) is 1. The lowest BCUT2D eigenvalue weighted by Gasteiger charge is -2.23. The Kier molecular flexibility index (Phi) is 4.76. The van der Waals surface area contributed by atoms with Crippen LogP contribution in [0.2, 0.25) is 0 Å². The molecule has 0 radical (unpaired) electrons. The minimum absolute atomic E-state index is 0.120. The first-order valence-corrected chi connectivity index (χ1v) is 7.03. The monoisotopic (exact) mass is 242 g/mol. The molecule has 1 rings (SSSR count). The fourth-order valence-corrected chi connectivity index (χ4v) is 2.56. The Morgan fingerprint density at radius 3 is 2.62 bits per heavy atom. The van der Waals surface area contributed by atoms with Crippen molar-refractivity contribution in [3.63, 3.8) is 0 Å². The summed E-state index contributed by atoms with van der Waals surface area (Å²) in [5.74, 6) is 0.120. The van der Waals surface area contributed by atoms with Crippen LogP contribution in [0.25, 0.3) is 4.72 Å². The third kappa shape index (κ3) is 3.83. The van der Waals surface area contributed by atoms with Crippen molar-refractivity contribution in [1.82, 2.24) is 0 Å². The highest BCUT2D eigenvalue weighted by molar-refractivity contribution is 7.94. The molecule has 0 aliphatic heterocycles. The van der Waals surface area contributed by atoms with Crippen LogP contribution in [0.15, 0.2) is 24.3 Å². The Bertz CT molecular complexity index is 429. The van der Waals surface area contributed by atoms with Crippen molar-refractivity contribution in [2.45, 2.75) is 26.3 Å². The summed E-state index contributed by atoms with van der Waals surface area (Å²) in [7, 11) is -3.33. The van der Waals surface area contributed by atoms with Gasteiger partial charge in [0, 0.05) is 5.75 Å². The molecule has 0 saturated heterocycles. The molecule has 0 spiro atoms. The number of benzene rings is 1. The first-order valence-electron chi connectivity index (χ1n) is 5.42. The highest BCUT2D eigenvalue weighted by atomic mass is 32.2. The van der Waals surface area contributed by atoms with Gasteiger partial charge in [-0.1, -0.05) is 37.6 Å². The minimum atomic E-state index is -3.33. The fraction of sp³-hybridized carbons (Fsp3) is 0.455. The standard InChI is InChI=1S/C11H17N2O2S/c1-2-3-8-16(14,15)13-11-7-5-4-6-10(11)9-12/h4-7H,2-3,8-9,12H2,1H3/q-1/p+1. The lowest BCUT2D eigenvalue weighted by atomic mass is 10.2. The lowest BCUT2D eigenvalue weighted by molar-refractivity contribution is -0.386. The van der Waals surface area contributed by atoms with Crippen molar-refractivity contribution in [1.29, 1.82) is 0 Å². The predicted molar refractivity (Wildman–Crippen MR) is 64.7 cm³/mol. The number of hydrogen-bond acceptors (Lipinski definition) is 2. The predicted octanol–water partition coefficient (Wildman–Crippen LogP) is 1.56. The van der Waals surface area contributed by atoms with Gasteiger partial charge in [-0.15, -0.1) is 5.69 Å². The summed E-state index contributed by atoms with van der Waals surface area (Å²) in [5.41, 5.74) is 5.14. The molecule has 0 fully saturated rings. The van der Waals surface area contributed by atoms with E-state index in [2.05, 4.69) is 10.5 Å². The van der Waals surface area contributed by atoms with Crippen LogP contribution >= 0.6 is 0 Å². The molecule has 0 amide bonds. The van der Waals surface area contributed by atoms with Gasteiger partial charge in [0.2, 0.25) is 0 Å². The van der Waals surface area contributed by atoms with E-state index in [1.165, 1.54) is 0 Å². The molecule has 0 aliphatic carbocycles. The first kappa shape index (κ1) is 13.0. The molecule has 16 heavy (non-hydrogen) atoms. The Morgan fingerprint density at radius 2 is 2.00 bits per heavy atom. The van der Waals surface area contributed by atoms with Crippen molar-refractivity contribution in [3.05, 3.63) is 34.6 Å². The Hall–Kier alpha value is -1.07. The van der Waals surface area contributed by atoms with Gasteiger partial charge in [-0.3, -0.25) is 0 Å². The second kappa shape index (κ2) is 5.86. The summed E-state index contributed by atoms with van der Waals surface area (Å²) in [5, 5.41) is 0. The van der Waals surface area contributed by atoms with Crippen molar-refractivity contribution >= 4 is 15.7 Å². The molecule has 1 aromatic carbocycles. The van der Waals surface area contributed by atoms with Crippen molar-refractivity contribution < 1.29 is 14.2 Å². The molecule has 0 saturated carbocycles. The molecule has 0 bridgehead atoms. The minimum Gasteiger partial charge on any atom is -0.576 e. The molecule has 0 atom stereocenters. The first-order chi connectivity index (χ1) is 7.59. The molecular formula is C11H18N2O2S. The van der Waals surface area contributed by atoms with Gasteiger partial charge < -0.3 is 10.5 Å². The molecule has 0 unspecified atom stereocenters. The van der Waals surface area contributed by atoms with Crippen molar-refractivity contribution in [2.75, 3.05) is 5.75 Å². The number of rotatable bonds is 6. The van der Waals surface area contributed by atoms with E-state index >= 15 is 0 Å². The highest BCUT2D eigenvalue weighted by Gasteiger charge is 2.01. The SMILES string of the molecule is CCCCS(=O)(=O)[N-]c1ccccc1C[NH3+]. The largest absolute Gasteiger partial charge is 0.576 e. The maximum absolute atomic E-state index is 11.6. The normalized spacial score (nSPS) is 11.4. The topological polar surface area (TPSA) is 75.9 Å². The Balaban J connectivity index is 2.79.